The van der Waals surface area contributed by atoms with Gasteiger partial charge >= 0.3 is 12.2 Å². The molecule has 0 bridgehead atoms. The van der Waals surface area contributed by atoms with Gasteiger partial charge in [0, 0.05) is 31.5 Å². The van der Waals surface area contributed by atoms with Gasteiger partial charge in [0.25, 0.3) is 0 Å². The largest absolute Gasteiger partial charge is 0.416 e. The Morgan fingerprint density at radius 1 is 1.25 bits per heavy atom. The van der Waals surface area contributed by atoms with E-state index in [1.807, 2.05) is 27.7 Å². The van der Waals surface area contributed by atoms with Gasteiger partial charge in [0.2, 0.25) is 0 Å². The molecule has 154 valence electrons. The molecule has 1 aromatic heterocycles. The second-order valence-electron chi connectivity index (χ2n) is 7.55. The average molecular weight is 396 g/mol. The quantitative estimate of drug-likeness (QED) is 0.748. The molecule has 0 aliphatic carbocycles. The fourth-order valence-corrected chi connectivity index (χ4v) is 2.85. The lowest BCUT2D eigenvalue weighted by molar-refractivity contribution is -0.137. The third-order valence-corrected chi connectivity index (χ3v) is 4.03. The third kappa shape index (κ3) is 6.28. The van der Waals surface area contributed by atoms with Crippen LogP contribution in [-0.2, 0) is 19.3 Å². The molecule has 0 saturated heterocycles. The smallest absolute Gasteiger partial charge is 0.336 e. The van der Waals surface area contributed by atoms with Crippen molar-refractivity contribution in [2.24, 2.45) is 5.92 Å². The Morgan fingerprint density at radius 2 is 1.96 bits per heavy atom. The number of rotatable bonds is 7. The summed E-state index contributed by atoms with van der Waals surface area (Å²) in [5.41, 5.74) is -0.152. The summed E-state index contributed by atoms with van der Waals surface area (Å²) < 4.78 is 40.6. The van der Waals surface area contributed by atoms with Gasteiger partial charge in [-0.15, -0.1) is 0 Å². The van der Waals surface area contributed by atoms with Crippen molar-refractivity contribution in [2.45, 2.75) is 53.0 Å². The second-order valence-corrected chi connectivity index (χ2v) is 7.55. The van der Waals surface area contributed by atoms with E-state index in [0.717, 1.165) is 12.1 Å². The summed E-state index contributed by atoms with van der Waals surface area (Å²) in [7, 11) is 0. The molecule has 0 aliphatic rings. The van der Waals surface area contributed by atoms with E-state index in [1.165, 1.54) is 6.07 Å². The highest BCUT2D eigenvalue weighted by molar-refractivity contribution is 5.74. The number of urea groups is 1. The number of benzene rings is 1. The Labute approximate surface area is 163 Å². The fraction of sp³-hybridized carbons (Fsp3) is 0.500. The lowest BCUT2D eigenvalue weighted by atomic mass is 10.1. The number of aromatic nitrogens is 2. The maximum Gasteiger partial charge on any atom is 0.416 e. The molecule has 0 radical (unpaired) electrons. The molecule has 8 heteroatoms. The number of hydrogen-bond donors (Lipinski definition) is 1. The highest BCUT2D eigenvalue weighted by Gasteiger charge is 2.30. The van der Waals surface area contributed by atoms with Crippen molar-refractivity contribution in [2.75, 3.05) is 6.54 Å². The fourth-order valence-electron chi connectivity index (χ4n) is 2.85. The van der Waals surface area contributed by atoms with Gasteiger partial charge in [-0.3, -0.25) is 0 Å². The zero-order valence-electron chi connectivity index (χ0n) is 16.6. The Balaban J connectivity index is 2.18. The maximum absolute atomic E-state index is 12.9. The van der Waals surface area contributed by atoms with Crippen LogP contribution >= 0.6 is 0 Å². The van der Waals surface area contributed by atoms with E-state index >= 15 is 0 Å². The van der Waals surface area contributed by atoms with Gasteiger partial charge < -0.3 is 14.8 Å². The molecule has 1 N–H and O–H groups in total. The third-order valence-electron chi connectivity index (χ3n) is 4.03. The van der Waals surface area contributed by atoms with Crippen molar-refractivity contribution in [3.8, 4) is 0 Å². The van der Waals surface area contributed by atoms with Crippen molar-refractivity contribution < 1.29 is 18.0 Å². The van der Waals surface area contributed by atoms with Crippen LogP contribution in [0.5, 0.6) is 0 Å². The first-order valence-electron chi connectivity index (χ1n) is 9.28. The van der Waals surface area contributed by atoms with E-state index in [0.29, 0.717) is 17.9 Å². The first-order valence-corrected chi connectivity index (χ1v) is 9.28. The normalized spacial score (nSPS) is 11.9. The number of nitrogens with one attached hydrogen (secondary N) is 1. The molecule has 0 aliphatic heterocycles. The number of halogens is 3. The van der Waals surface area contributed by atoms with Gasteiger partial charge in [0.1, 0.15) is 5.82 Å². The number of imidazole rings is 1. The lowest BCUT2D eigenvalue weighted by Crippen LogP contribution is -2.44. The highest BCUT2D eigenvalue weighted by Crippen LogP contribution is 2.29. The van der Waals surface area contributed by atoms with Crippen molar-refractivity contribution >= 4 is 6.03 Å². The number of amides is 2. The van der Waals surface area contributed by atoms with Crippen LogP contribution in [0.2, 0.25) is 0 Å². The molecule has 0 saturated carbocycles. The predicted octanol–water partition coefficient (Wildman–Crippen LogP) is 4.53. The first kappa shape index (κ1) is 21.8. The summed E-state index contributed by atoms with van der Waals surface area (Å²) in [5.74, 6) is 0.891. The Morgan fingerprint density at radius 3 is 2.57 bits per heavy atom. The van der Waals surface area contributed by atoms with Gasteiger partial charge in [0.05, 0.1) is 12.1 Å². The minimum absolute atomic E-state index is 0.00650. The van der Waals surface area contributed by atoms with E-state index in [4.69, 9.17) is 0 Å². The lowest BCUT2D eigenvalue weighted by Gasteiger charge is -2.26. The standard InChI is InChI=1S/C20H27F3N4O/c1-14(2)11-27(19(28)25-15(3)4)13-18-24-8-9-26(18)12-16-6-5-7-17(10-16)20(21,22)23/h5-10,14-15H,11-13H2,1-4H3,(H,25,28). The highest BCUT2D eigenvalue weighted by atomic mass is 19.4. The summed E-state index contributed by atoms with van der Waals surface area (Å²) in [6, 6.07) is 5.07. The second kappa shape index (κ2) is 9.12. The Bertz CT molecular complexity index is 784. The van der Waals surface area contributed by atoms with Crippen LogP contribution in [0.15, 0.2) is 36.7 Å². The summed E-state index contributed by atoms with van der Waals surface area (Å²) in [4.78, 5) is 18.5. The van der Waals surface area contributed by atoms with Crippen molar-refractivity contribution in [1.82, 2.24) is 19.8 Å². The van der Waals surface area contributed by atoms with Crippen LogP contribution in [0, 0.1) is 5.92 Å². The Kier molecular flexibility index (Phi) is 7.10. The van der Waals surface area contributed by atoms with Crippen LogP contribution in [0.4, 0.5) is 18.0 Å². The van der Waals surface area contributed by atoms with Crippen LogP contribution in [0.25, 0.3) is 0 Å². The van der Waals surface area contributed by atoms with Crippen molar-refractivity contribution in [3.05, 3.63) is 53.6 Å². The molecule has 0 fully saturated rings. The molecular formula is C20H27F3N4O. The van der Waals surface area contributed by atoms with E-state index in [9.17, 15) is 18.0 Å². The molecule has 0 spiro atoms. The minimum Gasteiger partial charge on any atom is -0.336 e. The predicted molar refractivity (Wildman–Crippen MR) is 102 cm³/mol. The topological polar surface area (TPSA) is 50.2 Å². The van der Waals surface area contributed by atoms with E-state index in [2.05, 4.69) is 10.3 Å². The number of nitrogens with zero attached hydrogens (tertiary/aromatic N) is 3. The number of hydrogen-bond acceptors (Lipinski definition) is 2. The molecule has 2 rings (SSSR count). The van der Waals surface area contributed by atoms with Crippen LogP contribution in [-0.4, -0.2) is 33.1 Å². The van der Waals surface area contributed by atoms with Crippen LogP contribution < -0.4 is 5.32 Å². The van der Waals surface area contributed by atoms with Crippen LogP contribution in [0.1, 0.15) is 44.6 Å². The zero-order valence-corrected chi connectivity index (χ0v) is 16.6. The first-order chi connectivity index (χ1) is 13.1. The van der Waals surface area contributed by atoms with E-state index in [-0.39, 0.29) is 31.1 Å². The van der Waals surface area contributed by atoms with Gasteiger partial charge in [-0.2, -0.15) is 13.2 Å². The molecule has 2 amide bonds. The van der Waals surface area contributed by atoms with Gasteiger partial charge in [-0.1, -0.05) is 26.0 Å². The maximum atomic E-state index is 12.9. The average Bonchev–Trinajstić information content (AvgIpc) is 2.99. The molecule has 0 atom stereocenters. The molecule has 0 unspecified atom stereocenters. The summed E-state index contributed by atoms with van der Waals surface area (Å²) >= 11 is 0. The number of carbonyl (C=O) groups is 1. The number of alkyl halides is 3. The number of carbonyl (C=O) groups excluding carboxylic acids is 1. The monoisotopic (exact) mass is 396 g/mol. The molecule has 28 heavy (non-hydrogen) atoms. The molecule has 1 heterocycles. The summed E-state index contributed by atoms with van der Waals surface area (Å²) in [6.07, 6.45) is -1.07. The summed E-state index contributed by atoms with van der Waals surface area (Å²) in [5, 5.41) is 2.88. The minimum atomic E-state index is -4.38. The SMILES string of the molecule is CC(C)CN(Cc1nccn1Cc1cccc(C(F)(F)F)c1)C(=O)NC(C)C. The molecular weight excluding hydrogens is 369 g/mol. The van der Waals surface area contributed by atoms with Crippen LogP contribution in [0.3, 0.4) is 0 Å². The zero-order chi connectivity index (χ0) is 20.9. The van der Waals surface area contributed by atoms with Gasteiger partial charge in [0.15, 0.2) is 0 Å². The molecule has 2 aromatic rings. The van der Waals surface area contributed by atoms with Gasteiger partial charge in [-0.05, 0) is 37.5 Å². The summed E-state index contributed by atoms with van der Waals surface area (Å²) in [6.45, 7) is 8.90. The Hall–Kier alpha value is -2.51. The molecule has 5 nitrogen and oxygen atoms in total. The molecule has 1 aromatic carbocycles. The van der Waals surface area contributed by atoms with Crippen molar-refractivity contribution in [3.63, 3.8) is 0 Å². The van der Waals surface area contributed by atoms with E-state index in [1.54, 1.807) is 27.9 Å². The van der Waals surface area contributed by atoms with E-state index < -0.39 is 11.7 Å². The van der Waals surface area contributed by atoms with Gasteiger partial charge in [-0.25, -0.2) is 9.78 Å². The van der Waals surface area contributed by atoms with Crippen molar-refractivity contribution in [1.29, 1.82) is 0 Å².